The highest BCUT2D eigenvalue weighted by Gasteiger charge is 2.12. The number of halogens is 3. The van der Waals surface area contributed by atoms with E-state index in [0.29, 0.717) is 21.7 Å². The van der Waals surface area contributed by atoms with Crippen LogP contribution in [0.5, 0.6) is 0 Å². The summed E-state index contributed by atoms with van der Waals surface area (Å²) in [6.07, 6.45) is 3.23. The zero-order valence-electron chi connectivity index (χ0n) is 8.12. The van der Waals surface area contributed by atoms with Crippen molar-refractivity contribution >= 4 is 27.5 Å². The van der Waals surface area contributed by atoms with Gasteiger partial charge in [-0.1, -0.05) is 11.6 Å². The molecule has 0 aliphatic carbocycles. The summed E-state index contributed by atoms with van der Waals surface area (Å²) in [6.45, 7) is 0.333. The first-order valence-corrected chi connectivity index (χ1v) is 5.66. The lowest BCUT2D eigenvalue weighted by Gasteiger charge is -2.11. The van der Waals surface area contributed by atoms with E-state index in [1.807, 2.05) is 0 Å². The van der Waals surface area contributed by atoms with E-state index in [1.165, 1.54) is 12.1 Å². The summed E-state index contributed by atoms with van der Waals surface area (Å²) in [5.74, 6) is -0.393. The summed E-state index contributed by atoms with van der Waals surface area (Å²) in [5.41, 5.74) is 7.01. The lowest BCUT2D eigenvalue weighted by atomic mass is 10.3. The maximum Gasteiger partial charge on any atom is 0.125 e. The summed E-state index contributed by atoms with van der Waals surface area (Å²) >= 11 is 9.26. The molecule has 2 aromatic rings. The van der Waals surface area contributed by atoms with Crippen molar-refractivity contribution in [2.24, 2.45) is 5.73 Å². The van der Waals surface area contributed by atoms with Crippen LogP contribution in [-0.4, -0.2) is 9.55 Å². The van der Waals surface area contributed by atoms with Crippen molar-refractivity contribution < 1.29 is 4.39 Å². The molecule has 16 heavy (non-hydrogen) atoms. The predicted octanol–water partition coefficient (Wildman–Crippen LogP) is 2.89. The van der Waals surface area contributed by atoms with Crippen LogP contribution in [0.4, 0.5) is 4.39 Å². The highest BCUT2D eigenvalue weighted by molar-refractivity contribution is 9.10. The molecule has 0 saturated heterocycles. The predicted molar refractivity (Wildman–Crippen MR) is 64.1 cm³/mol. The van der Waals surface area contributed by atoms with Crippen molar-refractivity contribution in [3.05, 3.63) is 45.7 Å². The zero-order valence-corrected chi connectivity index (χ0v) is 10.5. The smallest absolute Gasteiger partial charge is 0.125 e. The molecule has 0 aliphatic rings. The van der Waals surface area contributed by atoms with Crippen LogP contribution in [0, 0.1) is 5.82 Å². The van der Waals surface area contributed by atoms with Crippen LogP contribution in [0.25, 0.3) is 5.69 Å². The molecule has 0 bridgehead atoms. The molecule has 0 amide bonds. The van der Waals surface area contributed by atoms with Gasteiger partial charge in [0.05, 0.1) is 22.7 Å². The van der Waals surface area contributed by atoms with E-state index >= 15 is 0 Å². The summed E-state index contributed by atoms with van der Waals surface area (Å²) in [7, 11) is 0. The molecule has 2 N–H and O–H groups in total. The SMILES string of the molecule is NCc1cncn1-c1c(Cl)cc(F)cc1Br. The summed E-state index contributed by atoms with van der Waals surface area (Å²) in [4.78, 5) is 3.98. The summed E-state index contributed by atoms with van der Waals surface area (Å²) in [6, 6.07) is 2.60. The van der Waals surface area contributed by atoms with Crippen LogP contribution >= 0.6 is 27.5 Å². The minimum atomic E-state index is -0.393. The number of hydrogen-bond acceptors (Lipinski definition) is 2. The lowest BCUT2D eigenvalue weighted by Crippen LogP contribution is -2.05. The van der Waals surface area contributed by atoms with Crippen LogP contribution in [0.2, 0.25) is 5.02 Å². The van der Waals surface area contributed by atoms with Gasteiger partial charge in [-0.3, -0.25) is 4.57 Å². The van der Waals surface area contributed by atoms with Gasteiger partial charge in [-0.05, 0) is 28.1 Å². The van der Waals surface area contributed by atoms with Gasteiger partial charge in [-0.15, -0.1) is 0 Å². The number of imidazole rings is 1. The Hall–Kier alpha value is -0.910. The van der Waals surface area contributed by atoms with Crippen molar-refractivity contribution in [1.82, 2.24) is 9.55 Å². The van der Waals surface area contributed by atoms with E-state index in [2.05, 4.69) is 20.9 Å². The summed E-state index contributed by atoms with van der Waals surface area (Å²) in [5, 5.41) is 0.305. The first kappa shape index (κ1) is 11.6. The lowest BCUT2D eigenvalue weighted by molar-refractivity contribution is 0.626. The molecule has 1 aromatic carbocycles. The Morgan fingerprint density at radius 1 is 1.50 bits per heavy atom. The van der Waals surface area contributed by atoms with E-state index < -0.39 is 5.82 Å². The molecule has 0 saturated carbocycles. The molecule has 0 fully saturated rings. The van der Waals surface area contributed by atoms with Gasteiger partial charge in [0.15, 0.2) is 0 Å². The number of hydrogen-bond donors (Lipinski definition) is 1. The number of aromatic nitrogens is 2. The fourth-order valence-corrected chi connectivity index (χ4v) is 2.47. The van der Waals surface area contributed by atoms with E-state index in [-0.39, 0.29) is 0 Å². The Morgan fingerprint density at radius 3 is 2.88 bits per heavy atom. The monoisotopic (exact) mass is 303 g/mol. The standard InChI is InChI=1S/C10H8BrClFN3/c11-8-1-6(13)2-9(12)10(8)16-5-15-4-7(16)3-14/h1-2,4-5H,3,14H2. The molecule has 6 heteroatoms. The molecule has 1 heterocycles. The molecule has 2 rings (SSSR count). The molecule has 84 valence electrons. The molecule has 1 aromatic heterocycles. The second-order valence-corrected chi connectivity index (χ2v) is 4.44. The molecule has 0 atom stereocenters. The average Bonchev–Trinajstić information content (AvgIpc) is 2.64. The van der Waals surface area contributed by atoms with E-state index in [0.717, 1.165) is 5.69 Å². The molecular formula is C10H8BrClFN3. The van der Waals surface area contributed by atoms with Gasteiger partial charge < -0.3 is 5.73 Å². The first-order valence-electron chi connectivity index (χ1n) is 4.49. The molecule has 0 aliphatic heterocycles. The molecule has 0 spiro atoms. The minimum absolute atomic E-state index is 0.305. The van der Waals surface area contributed by atoms with Gasteiger partial charge in [0, 0.05) is 17.2 Å². The number of rotatable bonds is 2. The third-order valence-electron chi connectivity index (χ3n) is 2.15. The Balaban J connectivity index is 2.64. The summed E-state index contributed by atoms with van der Waals surface area (Å²) < 4.78 is 15.4. The first-order chi connectivity index (χ1) is 7.63. The highest BCUT2D eigenvalue weighted by atomic mass is 79.9. The van der Waals surface area contributed by atoms with Crippen molar-refractivity contribution in [2.45, 2.75) is 6.54 Å². The normalized spacial score (nSPS) is 10.8. The molecule has 0 unspecified atom stereocenters. The van der Waals surface area contributed by atoms with Crippen LogP contribution in [0.3, 0.4) is 0 Å². The second-order valence-electron chi connectivity index (χ2n) is 3.18. The number of nitrogens with zero attached hydrogens (tertiary/aromatic N) is 2. The quantitative estimate of drug-likeness (QED) is 0.927. The van der Waals surface area contributed by atoms with Crippen molar-refractivity contribution in [3.63, 3.8) is 0 Å². The van der Waals surface area contributed by atoms with Gasteiger partial charge in [0.2, 0.25) is 0 Å². The molecule has 0 radical (unpaired) electrons. The van der Waals surface area contributed by atoms with Gasteiger partial charge >= 0.3 is 0 Å². The Bertz CT molecular complexity index is 504. The number of benzene rings is 1. The van der Waals surface area contributed by atoms with E-state index in [1.54, 1.807) is 17.1 Å². The largest absolute Gasteiger partial charge is 0.325 e. The fourth-order valence-electron chi connectivity index (χ4n) is 1.44. The Morgan fingerprint density at radius 2 is 2.25 bits per heavy atom. The third kappa shape index (κ3) is 1.98. The van der Waals surface area contributed by atoms with Crippen LogP contribution in [0.1, 0.15) is 5.69 Å². The van der Waals surface area contributed by atoms with Crippen molar-refractivity contribution in [2.75, 3.05) is 0 Å². The zero-order chi connectivity index (χ0) is 11.7. The maximum absolute atomic E-state index is 13.1. The Labute approximate surface area is 105 Å². The fraction of sp³-hybridized carbons (Fsp3) is 0.100. The van der Waals surface area contributed by atoms with Gasteiger partial charge in [-0.25, -0.2) is 9.37 Å². The van der Waals surface area contributed by atoms with Crippen molar-refractivity contribution in [3.8, 4) is 5.69 Å². The third-order valence-corrected chi connectivity index (χ3v) is 3.04. The maximum atomic E-state index is 13.1. The molecular weight excluding hydrogens is 296 g/mol. The van der Waals surface area contributed by atoms with E-state index in [9.17, 15) is 4.39 Å². The van der Waals surface area contributed by atoms with Gasteiger partial charge in [-0.2, -0.15) is 0 Å². The Kier molecular flexibility index (Phi) is 3.28. The van der Waals surface area contributed by atoms with Crippen LogP contribution < -0.4 is 5.73 Å². The van der Waals surface area contributed by atoms with Crippen LogP contribution in [-0.2, 0) is 6.54 Å². The second kappa shape index (κ2) is 4.53. The molecule has 3 nitrogen and oxygen atoms in total. The van der Waals surface area contributed by atoms with Gasteiger partial charge in [0.1, 0.15) is 5.82 Å². The van der Waals surface area contributed by atoms with Crippen LogP contribution in [0.15, 0.2) is 29.1 Å². The average molecular weight is 305 g/mol. The van der Waals surface area contributed by atoms with Crippen molar-refractivity contribution in [1.29, 1.82) is 0 Å². The minimum Gasteiger partial charge on any atom is -0.325 e. The topological polar surface area (TPSA) is 43.8 Å². The number of nitrogens with two attached hydrogens (primary N) is 1. The van der Waals surface area contributed by atoms with E-state index in [4.69, 9.17) is 17.3 Å². The highest BCUT2D eigenvalue weighted by Crippen LogP contribution is 2.30. The van der Waals surface area contributed by atoms with Gasteiger partial charge in [0.25, 0.3) is 0 Å².